The van der Waals surface area contributed by atoms with E-state index in [2.05, 4.69) is 11.0 Å². The molecule has 1 aliphatic rings. The summed E-state index contributed by atoms with van der Waals surface area (Å²) in [5.41, 5.74) is 1.73. The highest BCUT2D eigenvalue weighted by Gasteiger charge is 2.28. The fourth-order valence-electron chi connectivity index (χ4n) is 2.47. The van der Waals surface area contributed by atoms with Crippen molar-refractivity contribution in [2.75, 3.05) is 18.0 Å². The van der Waals surface area contributed by atoms with Crippen LogP contribution in [0.1, 0.15) is 43.9 Å². The first kappa shape index (κ1) is 13.9. The summed E-state index contributed by atoms with van der Waals surface area (Å²) in [6.07, 6.45) is 0.830. The Balaban J connectivity index is 2.30. The molecule has 19 heavy (non-hydrogen) atoms. The van der Waals surface area contributed by atoms with Crippen molar-refractivity contribution < 1.29 is 10.2 Å². The second-order valence-electron chi connectivity index (χ2n) is 5.55. The number of aliphatic hydroxyl groups excluding tert-OH is 1. The zero-order valence-electron chi connectivity index (χ0n) is 11.4. The summed E-state index contributed by atoms with van der Waals surface area (Å²) in [5.74, 6) is 0. The van der Waals surface area contributed by atoms with Crippen LogP contribution in [0.3, 0.4) is 0 Å². The molecule has 1 aromatic rings. The van der Waals surface area contributed by atoms with Crippen LogP contribution in [0.15, 0.2) is 18.2 Å². The summed E-state index contributed by atoms with van der Waals surface area (Å²) in [6, 6.07) is 7.49. The Hall–Kier alpha value is -1.57. The highest BCUT2D eigenvalue weighted by atomic mass is 16.3. The summed E-state index contributed by atoms with van der Waals surface area (Å²) in [4.78, 5) is 2.14. The average molecular weight is 260 g/mol. The van der Waals surface area contributed by atoms with Crippen LogP contribution >= 0.6 is 0 Å². The maximum atomic E-state index is 9.99. The molecule has 1 aromatic carbocycles. The lowest BCUT2D eigenvalue weighted by molar-refractivity contribution is 0.0350. The van der Waals surface area contributed by atoms with Crippen LogP contribution < -0.4 is 4.90 Å². The van der Waals surface area contributed by atoms with Gasteiger partial charge in [0.1, 0.15) is 0 Å². The number of benzene rings is 1. The molecule has 1 fully saturated rings. The maximum Gasteiger partial charge on any atom is 0.0992 e. The Bertz CT molecular complexity index is 493. The van der Waals surface area contributed by atoms with Gasteiger partial charge in [0.05, 0.1) is 23.3 Å². The number of aliphatic hydroxyl groups is 2. The quantitative estimate of drug-likeness (QED) is 0.853. The predicted octanol–water partition coefficient (Wildman–Crippen LogP) is 1.96. The standard InChI is InChI=1S/C15H20N2O2/c1-11(18)13-4-3-12(10-16)9-14(13)17-7-5-15(2,19)6-8-17/h3-4,9,11,18-19H,5-8H2,1-2H3/t11-/m1/s1. The molecule has 4 nitrogen and oxygen atoms in total. The molecule has 1 heterocycles. The molecule has 0 radical (unpaired) electrons. The van der Waals surface area contributed by atoms with Crippen molar-refractivity contribution in [3.63, 3.8) is 0 Å². The molecule has 0 saturated carbocycles. The molecule has 0 unspecified atom stereocenters. The molecule has 0 aliphatic carbocycles. The van der Waals surface area contributed by atoms with E-state index in [4.69, 9.17) is 5.26 Å². The number of piperidine rings is 1. The maximum absolute atomic E-state index is 9.99. The summed E-state index contributed by atoms with van der Waals surface area (Å²) in [5, 5.41) is 28.8. The second kappa shape index (κ2) is 5.20. The Kier molecular flexibility index (Phi) is 3.79. The van der Waals surface area contributed by atoms with Crippen molar-refractivity contribution >= 4 is 5.69 Å². The first-order chi connectivity index (χ1) is 8.93. The third-order valence-electron chi connectivity index (χ3n) is 3.79. The summed E-state index contributed by atoms with van der Waals surface area (Å²) in [7, 11) is 0. The molecule has 0 spiro atoms. The van der Waals surface area contributed by atoms with E-state index in [1.54, 1.807) is 13.0 Å². The van der Waals surface area contributed by atoms with Crippen LogP contribution in [0, 0.1) is 11.3 Å². The van der Waals surface area contributed by atoms with E-state index in [0.717, 1.165) is 24.3 Å². The Labute approximate surface area is 113 Å². The summed E-state index contributed by atoms with van der Waals surface area (Å²) < 4.78 is 0. The Morgan fingerprint density at radius 2 is 2.00 bits per heavy atom. The molecule has 4 heteroatoms. The van der Waals surface area contributed by atoms with Gasteiger partial charge in [0.25, 0.3) is 0 Å². The zero-order valence-corrected chi connectivity index (χ0v) is 11.4. The van der Waals surface area contributed by atoms with Crippen LogP contribution in [0.25, 0.3) is 0 Å². The molecular formula is C15H20N2O2. The highest BCUT2D eigenvalue weighted by molar-refractivity contribution is 5.58. The average Bonchev–Trinajstić information content (AvgIpc) is 2.38. The van der Waals surface area contributed by atoms with E-state index in [1.807, 2.05) is 19.1 Å². The van der Waals surface area contributed by atoms with Crippen LogP contribution in [0.4, 0.5) is 5.69 Å². The van der Waals surface area contributed by atoms with Gasteiger partial charge in [-0.05, 0) is 38.8 Å². The van der Waals surface area contributed by atoms with Gasteiger partial charge in [-0.2, -0.15) is 5.26 Å². The van der Waals surface area contributed by atoms with Gasteiger partial charge < -0.3 is 15.1 Å². The van der Waals surface area contributed by atoms with Gasteiger partial charge >= 0.3 is 0 Å². The third-order valence-corrected chi connectivity index (χ3v) is 3.79. The smallest absolute Gasteiger partial charge is 0.0992 e. The third kappa shape index (κ3) is 3.06. The number of rotatable bonds is 2. The van der Waals surface area contributed by atoms with Gasteiger partial charge in [-0.25, -0.2) is 0 Å². The molecule has 0 aromatic heterocycles. The Morgan fingerprint density at radius 3 is 2.53 bits per heavy atom. The molecule has 1 atom stereocenters. The minimum Gasteiger partial charge on any atom is -0.390 e. The predicted molar refractivity (Wildman–Crippen MR) is 73.9 cm³/mol. The van der Waals surface area contributed by atoms with Gasteiger partial charge in [0, 0.05) is 24.3 Å². The van der Waals surface area contributed by atoms with Crippen molar-refractivity contribution in [1.29, 1.82) is 5.26 Å². The number of nitrogens with zero attached hydrogens (tertiary/aromatic N) is 2. The van der Waals surface area contributed by atoms with Crippen LogP contribution in [-0.2, 0) is 0 Å². The Morgan fingerprint density at radius 1 is 1.37 bits per heavy atom. The van der Waals surface area contributed by atoms with E-state index in [0.29, 0.717) is 18.4 Å². The topological polar surface area (TPSA) is 67.5 Å². The van der Waals surface area contributed by atoms with E-state index in [-0.39, 0.29) is 0 Å². The van der Waals surface area contributed by atoms with Crippen molar-refractivity contribution in [3.8, 4) is 6.07 Å². The fourth-order valence-corrected chi connectivity index (χ4v) is 2.47. The van der Waals surface area contributed by atoms with Gasteiger partial charge in [0.2, 0.25) is 0 Å². The van der Waals surface area contributed by atoms with E-state index in [1.165, 1.54) is 0 Å². The van der Waals surface area contributed by atoms with Crippen molar-refractivity contribution in [3.05, 3.63) is 29.3 Å². The molecule has 0 bridgehead atoms. The van der Waals surface area contributed by atoms with E-state index < -0.39 is 11.7 Å². The lowest BCUT2D eigenvalue weighted by atomic mass is 9.92. The fraction of sp³-hybridized carbons (Fsp3) is 0.533. The molecule has 1 saturated heterocycles. The van der Waals surface area contributed by atoms with Crippen LogP contribution in [-0.4, -0.2) is 28.9 Å². The first-order valence-electron chi connectivity index (χ1n) is 6.62. The molecular weight excluding hydrogens is 240 g/mol. The van der Waals surface area contributed by atoms with Gasteiger partial charge in [-0.1, -0.05) is 6.07 Å². The summed E-state index contributed by atoms with van der Waals surface area (Å²) >= 11 is 0. The molecule has 102 valence electrons. The monoisotopic (exact) mass is 260 g/mol. The normalized spacial score (nSPS) is 19.8. The van der Waals surface area contributed by atoms with E-state index in [9.17, 15) is 10.2 Å². The number of nitriles is 1. The largest absolute Gasteiger partial charge is 0.390 e. The lowest BCUT2D eigenvalue weighted by Crippen LogP contribution is -2.42. The van der Waals surface area contributed by atoms with Crippen LogP contribution in [0.5, 0.6) is 0 Å². The molecule has 1 aliphatic heterocycles. The molecule has 2 N–H and O–H groups in total. The summed E-state index contributed by atoms with van der Waals surface area (Å²) in [6.45, 7) is 5.06. The minimum atomic E-state index is -0.603. The number of hydrogen-bond donors (Lipinski definition) is 2. The van der Waals surface area contributed by atoms with Gasteiger partial charge in [-0.15, -0.1) is 0 Å². The number of anilines is 1. The number of hydrogen-bond acceptors (Lipinski definition) is 4. The van der Waals surface area contributed by atoms with E-state index >= 15 is 0 Å². The first-order valence-corrected chi connectivity index (χ1v) is 6.62. The van der Waals surface area contributed by atoms with Crippen molar-refractivity contribution in [1.82, 2.24) is 0 Å². The van der Waals surface area contributed by atoms with Gasteiger partial charge in [-0.3, -0.25) is 0 Å². The lowest BCUT2D eigenvalue weighted by Gasteiger charge is -2.38. The van der Waals surface area contributed by atoms with Crippen molar-refractivity contribution in [2.45, 2.75) is 38.4 Å². The second-order valence-corrected chi connectivity index (χ2v) is 5.55. The SMILES string of the molecule is C[C@@H](O)c1ccc(C#N)cc1N1CCC(C)(O)CC1. The molecule has 0 amide bonds. The minimum absolute atomic E-state index is 0.565. The highest BCUT2D eigenvalue weighted by Crippen LogP contribution is 2.32. The van der Waals surface area contributed by atoms with Crippen LogP contribution in [0.2, 0.25) is 0 Å². The van der Waals surface area contributed by atoms with Gasteiger partial charge in [0.15, 0.2) is 0 Å². The molecule has 2 rings (SSSR count). The van der Waals surface area contributed by atoms with Crippen molar-refractivity contribution in [2.24, 2.45) is 0 Å². The zero-order chi connectivity index (χ0) is 14.0.